The molecule has 1 aliphatic rings. The van der Waals surface area contributed by atoms with E-state index in [9.17, 15) is 0 Å². The molecule has 0 spiro atoms. The van der Waals surface area contributed by atoms with Gasteiger partial charge in [0.15, 0.2) is 0 Å². The third-order valence-electron chi connectivity index (χ3n) is 3.72. The number of nitrogens with two attached hydrogens (primary N) is 1. The summed E-state index contributed by atoms with van der Waals surface area (Å²) in [7, 11) is 0. The molecule has 14 heavy (non-hydrogen) atoms. The first-order valence-corrected chi connectivity index (χ1v) is 6.11. The molecule has 0 aromatic rings. The van der Waals surface area contributed by atoms with Crippen LogP contribution in [0.25, 0.3) is 0 Å². The van der Waals surface area contributed by atoms with Crippen LogP contribution in [-0.4, -0.2) is 29.6 Å². The Balaban J connectivity index is 2.65. The second-order valence-electron chi connectivity index (χ2n) is 4.99. The van der Waals surface area contributed by atoms with Crippen LogP contribution in [0.1, 0.15) is 52.9 Å². The number of nitrogens with zero attached hydrogens (tertiary/aromatic N) is 1. The van der Waals surface area contributed by atoms with Gasteiger partial charge in [0, 0.05) is 18.1 Å². The van der Waals surface area contributed by atoms with Crippen molar-refractivity contribution in [3.05, 3.63) is 0 Å². The van der Waals surface area contributed by atoms with Crippen LogP contribution in [0.3, 0.4) is 0 Å². The summed E-state index contributed by atoms with van der Waals surface area (Å²) in [6.07, 6.45) is 6.55. The van der Waals surface area contributed by atoms with Gasteiger partial charge in [-0.15, -0.1) is 0 Å². The highest BCUT2D eigenvalue weighted by Crippen LogP contribution is 2.28. The minimum absolute atomic E-state index is 0.245. The van der Waals surface area contributed by atoms with Crippen molar-refractivity contribution in [2.24, 2.45) is 5.73 Å². The largest absolute Gasteiger partial charge is 0.329 e. The summed E-state index contributed by atoms with van der Waals surface area (Å²) in [5.74, 6) is 0. The van der Waals surface area contributed by atoms with Crippen molar-refractivity contribution in [2.45, 2.75) is 64.5 Å². The van der Waals surface area contributed by atoms with Gasteiger partial charge in [0.2, 0.25) is 0 Å². The molecule has 0 aromatic carbocycles. The van der Waals surface area contributed by atoms with Crippen molar-refractivity contribution in [3.8, 4) is 0 Å². The predicted octanol–water partition coefficient (Wildman–Crippen LogP) is 2.38. The lowest BCUT2D eigenvalue weighted by atomic mass is 9.89. The van der Waals surface area contributed by atoms with Gasteiger partial charge in [0.25, 0.3) is 0 Å². The Labute approximate surface area is 88.8 Å². The maximum absolute atomic E-state index is 5.94. The van der Waals surface area contributed by atoms with Gasteiger partial charge >= 0.3 is 0 Å². The number of rotatable bonds is 4. The summed E-state index contributed by atoms with van der Waals surface area (Å²) in [5.41, 5.74) is 6.19. The van der Waals surface area contributed by atoms with Crippen LogP contribution in [0.15, 0.2) is 0 Å². The zero-order chi connectivity index (χ0) is 10.6. The molecule has 1 heterocycles. The summed E-state index contributed by atoms with van der Waals surface area (Å²) >= 11 is 0. The molecular formula is C12H26N2. The highest BCUT2D eigenvalue weighted by Gasteiger charge is 2.33. The molecule has 2 unspecified atom stereocenters. The Hall–Kier alpha value is -0.0800. The van der Waals surface area contributed by atoms with Gasteiger partial charge in [-0.25, -0.2) is 0 Å². The second-order valence-corrected chi connectivity index (χ2v) is 4.99. The fourth-order valence-corrected chi connectivity index (χ4v) is 2.80. The minimum atomic E-state index is 0.245. The molecule has 1 fully saturated rings. The maximum atomic E-state index is 5.94. The molecule has 0 radical (unpaired) electrons. The Morgan fingerprint density at radius 2 is 2.14 bits per heavy atom. The van der Waals surface area contributed by atoms with Crippen LogP contribution in [0, 0.1) is 0 Å². The predicted molar refractivity (Wildman–Crippen MR) is 62.4 cm³/mol. The Morgan fingerprint density at radius 1 is 1.43 bits per heavy atom. The summed E-state index contributed by atoms with van der Waals surface area (Å²) < 4.78 is 0. The Bertz CT molecular complexity index is 170. The summed E-state index contributed by atoms with van der Waals surface area (Å²) in [5, 5.41) is 0. The van der Waals surface area contributed by atoms with Crippen LogP contribution < -0.4 is 5.73 Å². The van der Waals surface area contributed by atoms with Crippen molar-refractivity contribution in [3.63, 3.8) is 0 Å². The molecule has 1 rings (SSSR count). The summed E-state index contributed by atoms with van der Waals surface area (Å²) in [6.45, 7) is 8.98. The van der Waals surface area contributed by atoms with Crippen LogP contribution in [0.4, 0.5) is 0 Å². The van der Waals surface area contributed by atoms with E-state index >= 15 is 0 Å². The number of hydrogen-bond acceptors (Lipinski definition) is 2. The van der Waals surface area contributed by atoms with Gasteiger partial charge in [-0.05, 0) is 39.7 Å². The summed E-state index contributed by atoms with van der Waals surface area (Å²) in [4.78, 5) is 2.64. The van der Waals surface area contributed by atoms with E-state index in [1.165, 1.54) is 38.6 Å². The lowest BCUT2D eigenvalue weighted by Crippen LogP contribution is -2.56. The van der Waals surface area contributed by atoms with E-state index in [1.54, 1.807) is 0 Å². The van der Waals surface area contributed by atoms with Crippen molar-refractivity contribution in [1.29, 1.82) is 0 Å². The smallest absolute Gasteiger partial charge is 0.0306 e. The minimum Gasteiger partial charge on any atom is -0.329 e. The van der Waals surface area contributed by atoms with Crippen LogP contribution >= 0.6 is 0 Å². The molecule has 2 nitrogen and oxygen atoms in total. The van der Waals surface area contributed by atoms with E-state index in [2.05, 4.69) is 25.7 Å². The van der Waals surface area contributed by atoms with Gasteiger partial charge < -0.3 is 5.73 Å². The highest BCUT2D eigenvalue weighted by molar-refractivity contribution is 4.91. The molecule has 1 saturated heterocycles. The Kier molecular flexibility index (Phi) is 4.39. The number of likely N-dealkylation sites (tertiary alicyclic amines) is 1. The molecular weight excluding hydrogens is 172 g/mol. The van der Waals surface area contributed by atoms with E-state index in [0.29, 0.717) is 0 Å². The molecule has 0 amide bonds. The van der Waals surface area contributed by atoms with Gasteiger partial charge in [0.1, 0.15) is 0 Å². The van der Waals surface area contributed by atoms with E-state index in [1.807, 2.05) is 0 Å². The lowest BCUT2D eigenvalue weighted by Gasteiger charge is -2.47. The molecule has 2 N–H and O–H groups in total. The average Bonchev–Trinajstić information content (AvgIpc) is 2.18. The van der Waals surface area contributed by atoms with E-state index < -0.39 is 0 Å². The molecule has 1 aliphatic heterocycles. The molecule has 2 atom stereocenters. The molecule has 0 saturated carbocycles. The van der Waals surface area contributed by atoms with Crippen molar-refractivity contribution < 1.29 is 0 Å². The second kappa shape index (κ2) is 5.13. The first-order chi connectivity index (χ1) is 6.64. The SMILES string of the molecule is CCCC(C)(CN)N1CCCCC1C. The quantitative estimate of drug-likeness (QED) is 0.751. The summed E-state index contributed by atoms with van der Waals surface area (Å²) in [6, 6.07) is 0.726. The van der Waals surface area contributed by atoms with Crippen molar-refractivity contribution >= 4 is 0 Å². The average molecular weight is 198 g/mol. The maximum Gasteiger partial charge on any atom is 0.0306 e. The van der Waals surface area contributed by atoms with Gasteiger partial charge in [-0.3, -0.25) is 4.90 Å². The first-order valence-electron chi connectivity index (χ1n) is 6.11. The van der Waals surface area contributed by atoms with E-state index in [-0.39, 0.29) is 5.54 Å². The first kappa shape index (κ1) is 12.0. The third kappa shape index (κ3) is 2.48. The fourth-order valence-electron chi connectivity index (χ4n) is 2.80. The van der Waals surface area contributed by atoms with Crippen LogP contribution in [0.5, 0.6) is 0 Å². The van der Waals surface area contributed by atoms with Crippen LogP contribution in [-0.2, 0) is 0 Å². The lowest BCUT2D eigenvalue weighted by molar-refractivity contribution is 0.0353. The van der Waals surface area contributed by atoms with Gasteiger partial charge in [-0.2, -0.15) is 0 Å². The zero-order valence-corrected chi connectivity index (χ0v) is 10.1. The normalized spacial score (nSPS) is 28.7. The van der Waals surface area contributed by atoms with E-state index in [0.717, 1.165) is 12.6 Å². The third-order valence-corrected chi connectivity index (χ3v) is 3.72. The van der Waals surface area contributed by atoms with Crippen molar-refractivity contribution in [1.82, 2.24) is 4.90 Å². The topological polar surface area (TPSA) is 29.3 Å². The molecule has 0 aromatic heterocycles. The van der Waals surface area contributed by atoms with E-state index in [4.69, 9.17) is 5.73 Å². The molecule has 2 heteroatoms. The number of piperidine rings is 1. The Morgan fingerprint density at radius 3 is 2.64 bits per heavy atom. The van der Waals surface area contributed by atoms with Crippen molar-refractivity contribution in [2.75, 3.05) is 13.1 Å². The molecule has 0 bridgehead atoms. The standard InChI is InChI=1S/C12H26N2/c1-4-8-12(3,10-13)14-9-6-5-7-11(14)2/h11H,4-10,13H2,1-3H3. The zero-order valence-electron chi connectivity index (χ0n) is 10.1. The van der Waals surface area contributed by atoms with Gasteiger partial charge in [-0.1, -0.05) is 19.8 Å². The molecule has 0 aliphatic carbocycles. The number of hydrogen-bond donors (Lipinski definition) is 1. The fraction of sp³-hybridized carbons (Fsp3) is 1.00. The highest BCUT2D eigenvalue weighted by atomic mass is 15.2. The monoisotopic (exact) mass is 198 g/mol. The van der Waals surface area contributed by atoms with Gasteiger partial charge in [0.05, 0.1) is 0 Å². The molecule has 84 valence electrons. The van der Waals surface area contributed by atoms with Crippen LogP contribution in [0.2, 0.25) is 0 Å².